The molecule has 5 heterocycles. The van der Waals surface area contributed by atoms with E-state index < -0.39 is 80.0 Å². The molecule has 0 N–H and O–H groups in total. The molecule has 1 aromatic heterocycles. The van der Waals surface area contributed by atoms with Gasteiger partial charge in [0.2, 0.25) is 5.91 Å². The number of fused-ring (bicyclic) bond motifs is 1. The lowest BCUT2D eigenvalue weighted by Crippen LogP contribution is -2.67. The zero-order valence-corrected chi connectivity index (χ0v) is 38.0. The van der Waals surface area contributed by atoms with Crippen molar-refractivity contribution < 1.29 is 40.8 Å². The third-order valence-electron chi connectivity index (χ3n) is 13.0. The van der Waals surface area contributed by atoms with Gasteiger partial charge >= 0.3 is 12.1 Å². The minimum atomic E-state index is -5.12. The molecule has 5 atom stereocenters. The molecule has 0 bridgehead atoms. The molecule has 2 saturated heterocycles. The molecule has 4 aliphatic heterocycles. The monoisotopic (exact) mass is 914 g/mol. The molecule has 1 saturated carbocycles. The number of alkyl halides is 4. The summed E-state index contributed by atoms with van der Waals surface area (Å²) in [5.74, 6) is -4.14. The number of likely N-dealkylation sites (tertiary alicyclic amines) is 1. The summed E-state index contributed by atoms with van der Waals surface area (Å²) in [6.07, 6.45) is -4.88. The molecule has 0 unspecified atom stereocenters. The summed E-state index contributed by atoms with van der Waals surface area (Å²) < 4.78 is 79.1. The summed E-state index contributed by atoms with van der Waals surface area (Å²) in [5, 5.41) is 0.365. The van der Waals surface area contributed by atoms with E-state index in [0.717, 1.165) is 16.7 Å². The van der Waals surface area contributed by atoms with Crippen molar-refractivity contribution in [2.75, 3.05) is 26.2 Å². The van der Waals surface area contributed by atoms with Crippen LogP contribution in [0.25, 0.3) is 0 Å². The van der Waals surface area contributed by atoms with Gasteiger partial charge in [-0.2, -0.15) is 13.2 Å². The number of piperazine rings is 1. The largest absolute Gasteiger partial charge is 0.471 e. The number of pyridine rings is 1. The van der Waals surface area contributed by atoms with Gasteiger partial charge in [-0.15, -0.1) is 0 Å². The lowest BCUT2D eigenvalue weighted by molar-refractivity contribution is -0.194. The Morgan fingerprint density at radius 3 is 2.30 bits per heavy atom. The minimum Gasteiger partial charge on any atom is -0.415 e. The number of carbonyl (C=O) groups excluding carboxylic acids is 3. The molecule has 3 amide bonds. The molecule has 1 aliphatic carbocycles. The van der Waals surface area contributed by atoms with E-state index in [1.54, 1.807) is 24.4 Å². The van der Waals surface area contributed by atoms with Gasteiger partial charge in [0.1, 0.15) is 33.6 Å². The summed E-state index contributed by atoms with van der Waals surface area (Å²) in [4.78, 5) is 57.6. The van der Waals surface area contributed by atoms with Crippen molar-refractivity contribution in [3.05, 3.63) is 74.3 Å². The quantitative estimate of drug-likeness (QED) is 0.148. The predicted octanol–water partition coefficient (Wildman–Crippen LogP) is 8.87. The van der Waals surface area contributed by atoms with Gasteiger partial charge in [0.25, 0.3) is 5.91 Å². The number of amides is 3. The van der Waals surface area contributed by atoms with Crippen LogP contribution in [0.15, 0.2) is 52.1 Å². The van der Waals surface area contributed by atoms with Gasteiger partial charge < -0.3 is 24.0 Å². The Labute approximate surface area is 362 Å². The van der Waals surface area contributed by atoms with E-state index in [-0.39, 0.29) is 65.0 Å². The normalized spacial score (nSPS) is 26.7. The number of benzene rings is 1. The number of hydrogen-bond acceptors (Lipinski definition) is 8. The van der Waals surface area contributed by atoms with Crippen LogP contribution in [0.1, 0.15) is 78.0 Å². The highest BCUT2D eigenvalue weighted by Crippen LogP contribution is 2.57. The Kier molecular flexibility index (Phi) is 11.6. The van der Waals surface area contributed by atoms with Crippen LogP contribution in [-0.2, 0) is 24.3 Å². The fourth-order valence-corrected chi connectivity index (χ4v) is 11.2. The van der Waals surface area contributed by atoms with E-state index >= 15 is 8.78 Å². The molecule has 1 aromatic carbocycles. The van der Waals surface area contributed by atoms with E-state index in [1.165, 1.54) is 21.9 Å². The van der Waals surface area contributed by atoms with Crippen molar-refractivity contribution in [1.29, 1.82) is 0 Å². The van der Waals surface area contributed by atoms with Crippen LogP contribution in [-0.4, -0.2) is 112 Å². The third kappa shape index (κ3) is 7.87. The Bertz CT molecular complexity index is 2150. The van der Waals surface area contributed by atoms with Gasteiger partial charge in [-0.1, -0.05) is 70.0 Å². The standard InChI is InChI=1S/C41H49Cl2F5N6O4SSi/c1-22(2)31-32(59-37-50-39(6,24-10-12-30(43)49-17-24)33(54(31)37)23-9-11-27(42)28(45)15-23)35(56)51-18-25(44)16-29(51)34(55)52-21-40(13-14-40)53(36(57)41(46,47)48)19-26(52)20-58-60(7,8)38(3,4)5/h9-12,15,17,22,25-26,29,33H,13-14,16,18-21H2,1-8H3/t25-,26-,29-,33-,39+/m1/s1. The number of carbonyl (C=O) groups is 3. The highest BCUT2D eigenvalue weighted by molar-refractivity contribution is 8.18. The second kappa shape index (κ2) is 15.5. The number of halogens is 7. The number of aromatic nitrogens is 1. The van der Waals surface area contributed by atoms with Crippen molar-refractivity contribution in [2.45, 2.75) is 120 Å². The highest BCUT2D eigenvalue weighted by atomic mass is 35.5. The number of hydrogen-bond donors (Lipinski definition) is 0. The summed E-state index contributed by atoms with van der Waals surface area (Å²) in [6, 6.07) is 4.94. The molecular weight excluding hydrogens is 867 g/mol. The van der Waals surface area contributed by atoms with E-state index in [1.807, 2.05) is 59.5 Å². The summed E-state index contributed by atoms with van der Waals surface area (Å²) >= 11 is 13.3. The SMILES string of the molecule is CC(C)C1=C(C(=O)N2C[C@H](F)C[C@@H]2C(=O)N2CC3(CC3)N(C(=O)C(F)(F)F)C[C@@H]2CO[Si](C)(C)C(C)(C)C)SC2=N[C@@](C)(c3ccc(Cl)nc3)[C@@H](c3ccc(Cl)c(F)c3)N21. The molecule has 326 valence electrons. The number of amidine groups is 1. The second-order valence-corrected chi connectivity index (χ2v) is 25.0. The Balaban J connectivity index is 1.24. The zero-order chi connectivity index (χ0) is 44.1. The molecule has 3 fully saturated rings. The second-order valence-electron chi connectivity index (χ2n) is 18.5. The Hall–Kier alpha value is -3.25. The van der Waals surface area contributed by atoms with E-state index in [0.29, 0.717) is 22.0 Å². The van der Waals surface area contributed by atoms with E-state index in [9.17, 15) is 27.6 Å². The van der Waals surface area contributed by atoms with E-state index in [4.69, 9.17) is 32.6 Å². The third-order valence-corrected chi connectivity index (χ3v) is 19.1. The average molecular weight is 916 g/mol. The molecule has 1 spiro atoms. The lowest BCUT2D eigenvalue weighted by atomic mass is 9.81. The maximum atomic E-state index is 15.7. The van der Waals surface area contributed by atoms with Gasteiger partial charge in [-0.05, 0) is 79.3 Å². The van der Waals surface area contributed by atoms with Gasteiger partial charge in [0, 0.05) is 37.0 Å². The van der Waals surface area contributed by atoms with Crippen LogP contribution >= 0.6 is 35.0 Å². The molecule has 0 radical (unpaired) electrons. The van der Waals surface area contributed by atoms with Crippen LogP contribution in [0, 0.1) is 11.7 Å². The number of allylic oxidation sites excluding steroid dienone is 1. The first kappa shape index (κ1) is 44.8. The molecule has 5 aliphatic rings. The smallest absolute Gasteiger partial charge is 0.415 e. The lowest BCUT2D eigenvalue weighted by Gasteiger charge is -2.49. The number of nitrogens with zero attached hydrogens (tertiary/aromatic N) is 6. The van der Waals surface area contributed by atoms with Gasteiger partial charge in [-0.25, -0.2) is 18.8 Å². The van der Waals surface area contributed by atoms with Crippen molar-refractivity contribution >= 4 is 66.2 Å². The summed E-state index contributed by atoms with van der Waals surface area (Å²) in [5.41, 5.74) is -0.547. The number of rotatable bonds is 8. The van der Waals surface area contributed by atoms with Crippen LogP contribution in [0.5, 0.6) is 0 Å². The first-order valence-corrected chi connectivity index (χ1v) is 24.4. The van der Waals surface area contributed by atoms with Crippen LogP contribution in [0.3, 0.4) is 0 Å². The van der Waals surface area contributed by atoms with Crippen molar-refractivity contribution in [2.24, 2.45) is 10.9 Å². The van der Waals surface area contributed by atoms with Crippen LogP contribution in [0.2, 0.25) is 28.3 Å². The maximum absolute atomic E-state index is 15.7. The average Bonchev–Trinajstić information content (AvgIpc) is 3.51. The minimum absolute atomic E-state index is 0.0701. The zero-order valence-electron chi connectivity index (χ0n) is 34.7. The predicted molar refractivity (Wildman–Crippen MR) is 223 cm³/mol. The summed E-state index contributed by atoms with van der Waals surface area (Å²) in [7, 11) is -2.50. The van der Waals surface area contributed by atoms with Crippen molar-refractivity contribution in [3.8, 4) is 0 Å². The Morgan fingerprint density at radius 2 is 1.73 bits per heavy atom. The number of aliphatic imine (C=N–C) groups is 1. The molecule has 7 rings (SSSR count). The van der Waals surface area contributed by atoms with Gasteiger partial charge in [-0.3, -0.25) is 14.4 Å². The fraction of sp³-hybridized carbons (Fsp3) is 0.585. The molecule has 19 heteroatoms. The first-order chi connectivity index (χ1) is 27.8. The molecule has 2 aromatic rings. The van der Waals surface area contributed by atoms with Gasteiger partial charge in [0.15, 0.2) is 13.5 Å². The van der Waals surface area contributed by atoms with Crippen molar-refractivity contribution in [3.63, 3.8) is 0 Å². The molecular formula is C41H49Cl2F5N6O4SSi. The van der Waals surface area contributed by atoms with Crippen molar-refractivity contribution in [1.82, 2.24) is 24.6 Å². The summed E-state index contributed by atoms with van der Waals surface area (Å²) in [6.45, 7) is 14.5. The van der Waals surface area contributed by atoms with Crippen LogP contribution in [0.4, 0.5) is 22.0 Å². The maximum Gasteiger partial charge on any atom is 0.471 e. The highest BCUT2D eigenvalue weighted by Gasteiger charge is 2.62. The van der Waals surface area contributed by atoms with Gasteiger partial charge in [0.05, 0.1) is 35.8 Å². The fourth-order valence-electron chi connectivity index (χ4n) is 8.53. The first-order valence-electron chi connectivity index (χ1n) is 20.0. The topological polar surface area (TPSA) is 98.7 Å². The van der Waals surface area contributed by atoms with Crippen LogP contribution < -0.4 is 0 Å². The number of thioether (sulfide) groups is 1. The Morgan fingerprint density at radius 1 is 1.05 bits per heavy atom. The van der Waals surface area contributed by atoms with E-state index in [2.05, 4.69) is 4.98 Å². The molecule has 60 heavy (non-hydrogen) atoms. The molecule has 10 nitrogen and oxygen atoms in total.